The Balaban J connectivity index is 2.63. The number of nitrogens with zero attached hydrogens (tertiary/aromatic N) is 2. The van der Waals surface area contributed by atoms with Crippen molar-refractivity contribution in [1.82, 2.24) is 4.90 Å². The van der Waals surface area contributed by atoms with Crippen LogP contribution in [0.25, 0.3) is 0 Å². The maximum Gasteiger partial charge on any atom is 0.242 e. The smallest absolute Gasteiger partial charge is 0.242 e. The van der Waals surface area contributed by atoms with Crippen LogP contribution in [-0.2, 0) is 4.79 Å². The van der Waals surface area contributed by atoms with E-state index in [1.807, 2.05) is 6.92 Å². The highest BCUT2D eigenvalue weighted by atomic mass is 16.2. The van der Waals surface area contributed by atoms with Crippen molar-refractivity contribution in [3.8, 4) is 6.07 Å². The molecule has 1 aliphatic carbocycles. The molecule has 1 amide bonds. The maximum atomic E-state index is 12.1. The Morgan fingerprint density at radius 1 is 1.73 bits per heavy atom. The van der Waals surface area contributed by atoms with Gasteiger partial charge in [-0.1, -0.05) is 0 Å². The van der Waals surface area contributed by atoms with Crippen molar-refractivity contribution in [3.63, 3.8) is 0 Å². The molecule has 84 valence electrons. The van der Waals surface area contributed by atoms with Crippen molar-refractivity contribution in [2.75, 3.05) is 7.05 Å². The summed E-state index contributed by atoms with van der Waals surface area (Å²) in [5, 5.41) is 8.57. The van der Waals surface area contributed by atoms with Gasteiger partial charge in [-0.3, -0.25) is 4.79 Å². The van der Waals surface area contributed by atoms with Crippen molar-refractivity contribution in [2.45, 2.75) is 44.7 Å². The van der Waals surface area contributed by atoms with Crippen molar-refractivity contribution in [2.24, 2.45) is 11.7 Å². The van der Waals surface area contributed by atoms with E-state index in [1.54, 1.807) is 18.9 Å². The SMILES string of the molecule is CC(CC#N)N(C)C(=O)C(C)(N)C1CC1. The molecule has 1 rings (SSSR count). The first kappa shape index (κ1) is 12.0. The second kappa shape index (κ2) is 4.19. The van der Waals surface area contributed by atoms with Gasteiger partial charge in [-0.05, 0) is 32.6 Å². The molecule has 1 aliphatic rings. The van der Waals surface area contributed by atoms with E-state index in [0.717, 1.165) is 12.8 Å². The summed E-state index contributed by atoms with van der Waals surface area (Å²) in [5.74, 6) is 0.273. The predicted molar refractivity (Wildman–Crippen MR) is 57.8 cm³/mol. The second-order valence-corrected chi connectivity index (χ2v) is 4.68. The van der Waals surface area contributed by atoms with E-state index in [1.165, 1.54) is 0 Å². The van der Waals surface area contributed by atoms with Gasteiger partial charge in [0.15, 0.2) is 0 Å². The molecule has 1 saturated carbocycles. The highest BCUT2D eigenvalue weighted by Gasteiger charge is 2.45. The van der Waals surface area contributed by atoms with E-state index in [0.29, 0.717) is 12.3 Å². The summed E-state index contributed by atoms with van der Waals surface area (Å²) in [4.78, 5) is 13.7. The zero-order chi connectivity index (χ0) is 11.6. The molecule has 2 unspecified atom stereocenters. The fraction of sp³-hybridized carbons (Fsp3) is 0.818. The first-order chi connectivity index (χ1) is 6.91. The van der Waals surface area contributed by atoms with E-state index < -0.39 is 5.54 Å². The summed E-state index contributed by atoms with van der Waals surface area (Å²) in [6.07, 6.45) is 2.43. The van der Waals surface area contributed by atoms with Gasteiger partial charge in [0.05, 0.1) is 18.0 Å². The average molecular weight is 209 g/mol. The molecule has 0 aromatic carbocycles. The summed E-state index contributed by atoms with van der Waals surface area (Å²) in [6.45, 7) is 3.66. The van der Waals surface area contributed by atoms with Crippen LogP contribution in [0.4, 0.5) is 0 Å². The molecule has 4 nitrogen and oxygen atoms in total. The Labute approximate surface area is 91.0 Å². The summed E-state index contributed by atoms with van der Waals surface area (Å²) in [5.41, 5.74) is 5.27. The Hall–Kier alpha value is -1.08. The largest absolute Gasteiger partial charge is 0.340 e. The Morgan fingerprint density at radius 3 is 2.67 bits per heavy atom. The molecule has 2 atom stereocenters. The summed E-state index contributed by atoms with van der Waals surface area (Å²) in [7, 11) is 1.72. The average Bonchev–Trinajstić information content (AvgIpc) is 2.99. The number of likely N-dealkylation sites (N-methyl/N-ethyl adjacent to an activating group) is 1. The number of nitrogens with two attached hydrogens (primary N) is 1. The lowest BCUT2D eigenvalue weighted by molar-refractivity contribution is -0.137. The first-order valence-corrected chi connectivity index (χ1v) is 5.34. The van der Waals surface area contributed by atoms with Gasteiger partial charge in [0.25, 0.3) is 0 Å². The van der Waals surface area contributed by atoms with Gasteiger partial charge in [0.2, 0.25) is 5.91 Å². The third kappa shape index (κ3) is 2.48. The monoisotopic (exact) mass is 209 g/mol. The fourth-order valence-corrected chi connectivity index (χ4v) is 1.71. The molecule has 0 bridgehead atoms. The van der Waals surface area contributed by atoms with Gasteiger partial charge in [0.1, 0.15) is 0 Å². The number of nitriles is 1. The summed E-state index contributed by atoms with van der Waals surface area (Å²) >= 11 is 0. The molecular formula is C11H19N3O. The number of rotatable bonds is 4. The molecule has 0 spiro atoms. The van der Waals surface area contributed by atoms with E-state index in [2.05, 4.69) is 6.07 Å². The lowest BCUT2D eigenvalue weighted by Gasteiger charge is -2.32. The van der Waals surface area contributed by atoms with Crippen LogP contribution in [0.5, 0.6) is 0 Å². The second-order valence-electron chi connectivity index (χ2n) is 4.68. The molecule has 0 aromatic heterocycles. The van der Waals surface area contributed by atoms with E-state index >= 15 is 0 Å². The van der Waals surface area contributed by atoms with E-state index in [-0.39, 0.29) is 11.9 Å². The van der Waals surface area contributed by atoms with E-state index in [4.69, 9.17) is 11.0 Å². The summed E-state index contributed by atoms with van der Waals surface area (Å²) < 4.78 is 0. The number of amides is 1. The van der Waals surface area contributed by atoms with Crippen molar-refractivity contribution in [1.29, 1.82) is 5.26 Å². The lowest BCUT2D eigenvalue weighted by Crippen LogP contribution is -2.55. The molecule has 0 saturated heterocycles. The van der Waals surface area contributed by atoms with Crippen LogP contribution in [0.1, 0.15) is 33.1 Å². The Morgan fingerprint density at radius 2 is 2.27 bits per heavy atom. The van der Waals surface area contributed by atoms with Gasteiger partial charge in [-0.25, -0.2) is 0 Å². The van der Waals surface area contributed by atoms with Gasteiger partial charge in [0, 0.05) is 13.1 Å². The van der Waals surface area contributed by atoms with Crippen molar-refractivity contribution in [3.05, 3.63) is 0 Å². The minimum atomic E-state index is -0.752. The maximum absolute atomic E-state index is 12.1. The Kier molecular flexibility index (Phi) is 3.35. The molecule has 1 fully saturated rings. The fourth-order valence-electron chi connectivity index (χ4n) is 1.71. The molecule has 15 heavy (non-hydrogen) atoms. The zero-order valence-electron chi connectivity index (χ0n) is 9.66. The molecule has 0 aliphatic heterocycles. The molecule has 4 heteroatoms. The Bertz CT molecular complexity index is 289. The minimum Gasteiger partial charge on any atom is -0.340 e. The van der Waals surface area contributed by atoms with Crippen molar-refractivity contribution < 1.29 is 4.79 Å². The number of hydrogen-bond donors (Lipinski definition) is 1. The first-order valence-electron chi connectivity index (χ1n) is 5.34. The van der Waals surface area contributed by atoms with Crippen LogP contribution in [0.3, 0.4) is 0 Å². The third-order valence-electron chi connectivity index (χ3n) is 3.25. The highest BCUT2D eigenvalue weighted by molar-refractivity contribution is 5.86. The standard InChI is InChI=1S/C11H19N3O/c1-8(6-7-12)14(3)10(15)11(2,13)9-4-5-9/h8-9H,4-6,13H2,1-3H3. The summed E-state index contributed by atoms with van der Waals surface area (Å²) in [6, 6.07) is 2.00. The molecule has 0 radical (unpaired) electrons. The molecular weight excluding hydrogens is 190 g/mol. The van der Waals surface area contributed by atoms with Crippen LogP contribution in [0, 0.1) is 17.2 Å². The quantitative estimate of drug-likeness (QED) is 0.747. The predicted octanol–water partition coefficient (Wildman–Crippen LogP) is 0.874. The number of carbonyl (C=O) groups is 1. The molecule has 0 aromatic rings. The van der Waals surface area contributed by atoms with E-state index in [9.17, 15) is 4.79 Å². The van der Waals surface area contributed by atoms with Crippen LogP contribution >= 0.6 is 0 Å². The van der Waals surface area contributed by atoms with Crippen LogP contribution in [-0.4, -0.2) is 29.4 Å². The van der Waals surface area contributed by atoms with Crippen LogP contribution in [0.2, 0.25) is 0 Å². The van der Waals surface area contributed by atoms with Gasteiger partial charge >= 0.3 is 0 Å². The highest BCUT2D eigenvalue weighted by Crippen LogP contribution is 2.39. The normalized spacial score (nSPS) is 21.3. The van der Waals surface area contributed by atoms with Crippen molar-refractivity contribution >= 4 is 5.91 Å². The van der Waals surface area contributed by atoms with Gasteiger partial charge < -0.3 is 10.6 Å². The number of carbonyl (C=O) groups excluding carboxylic acids is 1. The minimum absolute atomic E-state index is 0.0484. The number of hydrogen-bond acceptors (Lipinski definition) is 3. The molecule has 2 N–H and O–H groups in total. The lowest BCUT2D eigenvalue weighted by atomic mass is 9.95. The van der Waals surface area contributed by atoms with Gasteiger partial charge in [-0.2, -0.15) is 5.26 Å². The molecule has 0 heterocycles. The van der Waals surface area contributed by atoms with Crippen LogP contribution in [0.15, 0.2) is 0 Å². The zero-order valence-corrected chi connectivity index (χ0v) is 9.66. The van der Waals surface area contributed by atoms with Crippen LogP contribution < -0.4 is 5.73 Å². The third-order valence-corrected chi connectivity index (χ3v) is 3.25. The topological polar surface area (TPSA) is 70.1 Å². The van der Waals surface area contributed by atoms with Gasteiger partial charge in [-0.15, -0.1) is 0 Å².